The minimum atomic E-state index is -3.63. The van der Waals surface area contributed by atoms with E-state index in [-0.39, 0.29) is 254 Å². The Bertz CT molecular complexity index is 454. The molecular weight excluding hydrogens is 1140 g/mol. The van der Waals surface area contributed by atoms with E-state index >= 15 is 0 Å². The van der Waals surface area contributed by atoms with Gasteiger partial charge >= 0.3 is 254 Å². The summed E-state index contributed by atoms with van der Waals surface area (Å²) in [6, 6.07) is 0. The molecule has 216 valence electrons. The second kappa shape index (κ2) is 104. The van der Waals surface area contributed by atoms with Crippen molar-refractivity contribution in [1.29, 1.82) is 0 Å². The second-order valence-electron chi connectivity index (χ2n) is 2.25. The van der Waals surface area contributed by atoms with E-state index in [2.05, 4.69) is 0 Å². The van der Waals surface area contributed by atoms with Crippen LogP contribution in [0.25, 0.3) is 0 Å². The molecule has 0 aliphatic carbocycles. The fourth-order valence-electron chi connectivity index (χ4n) is 0. The van der Waals surface area contributed by atoms with Crippen molar-refractivity contribution in [2.24, 2.45) is 0 Å². The van der Waals surface area contributed by atoms with Gasteiger partial charge in [-0.25, -0.2) is 0 Å². The van der Waals surface area contributed by atoms with Gasteiger partial charge < -0.3 is 126 Å². The van der Waals surface area contributed by atoms with Crippen LogP contribution < -0.4 is 86.3 Å². The molecule has 0 aliphatic rings. The normalized spacial score (nSPS) is 4.91. The Hall–Kier alpha value is 4.81. The average molecular weight is 1140 g/mol. The SMILES string of the molecule is O=[Si]([O-])[O-].O=[Si]([O-])[O-].O=[Si]([O-])[O-].O=[Si]([O-])[O-].O=[Si]([O-])[O-].O=[Si]([O-])[O-].O=[Si]([O-])[O-].O=[Si]([O-])[O-].O=[Si]([O-])[O-].[Al+3].[Al+3].[Ba+2].[Ba+2].[Ca+2].[Ca+2].[Mg+2].[Mg+2]. The third-order valence-corrected chi connectivity index (χ3v) is 0. The minimum absolute atomic E-state index is 0. The maximum atomic E-state index is 8.52. The predicted molar refractivity (Wildman–Crippen MR) is 104 cm³/mol. The average Bonchev–Trinajstić information content (AvgIpc) is 2.39. The van der Waals surface area contributed by atoms with Crippen LogP contribution in [0.5, 0.6) is 0 Å². The molecule has 44 heteroatoms. The van der Waals surface area contributed by atoms with Crippen LogP contribution in [-0.2, 0) is 40.2 Å². The van der Waals surface area contributed by atoms with Crippen LogP contribution in [0.1, 0.15) is 0 Å². The number of rotatable bonds is 0. The van der Waals surface area contributed by atoms with Crippen molar-refractivity contribution < 1.29 is 126 Å². The number of hydrogen-bond donors (Lipinski definition) is 0. The van der Waals surface area contributed by atoms with Gasteiger partial charge in [0.25, 0.3) is 0 Å². The van der Waals surface area contributed by atoms with E-state index in [1.165, 1.54) is 0 Å². The van der Waals surface area contributed by atoms with Crippen LogP contribution in [-0.4, -0.2) is 337 Å². The van der Waals surface area contributed by atoms with Crippen molar-refractivity contribution in [2.45, 2.75) is 0 Å². The van der Waals surface area contributed by atoms with Crippen molar-refractivity contribution in [1.82, 2.24) is 0 Å². The first kappa shape index (κ1) is 110. The van der Waals surface area contributed by atoms with Gasteiger partial charge in [-0.15, -0.1) is 0 Å². The summed E-state index contributed by atoms with van der Waals surface area (Å²) in [5.74, 6) is 0. The van der Waals surface area contributed by atoms with Crippen LogP contribution in [0.4, 0.5) is 0 Å². The van der Waals surface area contributed by atoms with Crippen LogP contribution in [0.15, 0.2) is 0 Å². The zero-order valence-corrected chi connectivity index (χ0v) is 48.4. The minimum Gasteiger partial charge on any atom is -0.672 e. The maximum Gasteiger partial charge on any atom is 3.00 e. The molecule has 0 bridgehead atoms. The largest absolute Gasteiger partial charge is 3.00 e. The van der Waals surface area contributed by atoms with Crippen molar-refractivity contribution in [3.63, 3.8) is 0 Å². The van der Waals surface area contributed by atoms with Gasteiger partial charge in [0, 0.05) is 82.5 Å². The summed E-state index contributed by atoms with van der Waals surface area (Å²) in [5.41, 5.74) is 0. The van der Waals surface area contributed by atoms with Crippen molar-refractivity contribution >= 4 is 337 Å². The Kier molecular flexibility index (Phi) is 259. The maximum absolute atomic E-state index is 8.52. The monoisotopic (exact) mass is 1140 g/mol. The summed E-state index contributed by atoms with van der Waals surface area (Å²) >= 11 is 0. The van der Waals surface area contributed by atoms with Gasteiger partial charge in [-0.2, -0.15) is 0 Å². The zero-order valence-electron chi connectivity index (χ0n) is 20.9. The molecule has 0 amide bonds. The van der Waals surface area contributed by atoms with Gasteiger partial charge in [-0.3, -0.25) is 0 Å². The van der Waals surface area contributed by atoms with Gasteiger partial charge in [0.15, 0.2) is 0 Å². The second-order valence-corrected chi connectivity index (χ2v) is 6.75. The molecule has 0 fully saturated rings. The molecule has 0 aliphatic heterocycles. The van der Waals surface area contributed by atoms with Gasteiger partial charge in [0.2, 0.25) is 0 Å². The summed E-state index contributed by atoms with van der Waals surface area (Å²) < 4.78 is 76.7. The van der Waals surface area contributed by atoms with E-state index in [1.54, 1.807) is 0 Å². The topological polar surface area (TPSA) is 569 Å². The first-order valence-corrected chi connectivity index (χ1v) is 16.5. The molecule has 0 rings (SSSR count). The Labute approximate surface area is 452 Å². The Morgan fingerprint density at radius 3 is 0.227 bits per heavy atom. The zero-order chi connectivity index (χ0) is 32.2. The van der Waals surface area contributed by atoms with Crippen LogP contribution in [0.2, 0.25) is 0 Å². The van der Waals surface area contributed by atoms with E-state index < -0.39 is 82.5 Å². The molecule has 0 aromatic carbocycles. The van der Waals surface area contributed by atoms with Gasteiger partial charge in [0.1, 0.15) is 0 Å². The van der Waals surface area contributed by atoms with Crippen molar-refractivity contribution in [2.75, 3.05) is 0 Å². The van der Waals surface area contributed by atoms with E-state index in [0.29, 0.717) is 0 Å². The van der Waals surface area contributed by atoms with E-state index in [9.17, 15) is 0 Å². The molecule has 44 heavy (non-hydrogen) atoms. The summed E-state index contributed by atoms with van der Waals surface area (Å²) in [6.07, 6.45) is 0. The molecule has 0 N–H and O–H groups in total. The molecule has 0 aromatic rings. The Morgan fingerprint density at radius 2 is 0.227 bits per heavy atom. The molecule has 0 heterocycles. The number of hydrogen-bond acceptors (Lipinski definition) is 27. The molecular formula is Al2Ba2Ca2Mg2O27Si9. The van der Waals surface area contributed by atoms with Crippen LogP contribution in [0, 0.1) is 0 Å². The fraction of sp³-hybridized carbons (Fsp3) is 0. The van der Waals surface area contributed by atoms with Gasteiger partial charge in [-0.1, -0.05) is 0 Å². The predicted octanol–water partition coefficient (Wildman–Crippen LogP) is -28.9. The molecule has 0 unspecified atom stereocenters. The van der Waals surface area contributed by atoms with Crippen LogP contribution in [0.3, 0.4) is 0 Å². The van der Waals surface area contributed by atoms with Crippen molar-refractivity contribution in [3.05, 3.63) is 0 Å². The van der Waals surface area contributed by atoms with E-state index in [1.807, 2.05) is 0 Å². The van der Waals surface area contributed by atoms with Gasteiger partial charge in [-0.05, 0) is 0 Å². The van der Waals surface area contributed by atoms with Crippen molar-refractivity contribution in [3.8, 4) is 0 Å². The molecule has 0 saturated carbocycles. The smallest absolute Gasteiger partial charge is 0.672 e. The summed E-state index contributed by atoms with van der Waals surface area (Å²) in [7, 11) is -32.7. The molecule has 27 nitrogen and oxygen atoms in total. The third kappa shape index (κ3) is 4240. The van der Waals surface area contributed by atoms with E-state index in [0.717, 1.165) is 0 Å². The standard InChI is InChI=1S/2Al.2Ba.2Ca.2Mg.9O3Si/c;;;;;;;;9*1-4(2)3/q2*+3;6*+2;9*-2. The summed E-state index contributed by atoms with van der Waals surface area (Å²) in [5, 5.41) is 0. The van der Waals surface area contributed by atoms with E-state index in [4.69, 9.17) is 126 Å². The molecule has 0 aromatic heterocycles. The molecule has 0 saturated heterocycles. The van der Waals surface area contributed by atoms with Gasteiger partial charge in [0.05, 0.1) is 0 Å². The molecule has 0 radical (unpaired) electrons. The Morgan fingerprint density at radius 1 is 0.227 bits per heavy atom. The molecule has 0 atom stereocenters. The third-order valence-electron chi connectivity index (χ3n) is 0. The van der Waals surface area contributed by atoms with Crippen LogP contribution >= 0.6 is 0 Å². The first-order chi connectivity index (χ1) is 15.6. The summed E-state index contributed by atoms with van der Waals surface area (Å²) in [4.78, 5) is 153. The first-order valence-electron chi connectivity index (χ1n) is 5.51. The quantitative estimate of drug-likeness (QED) is 0.203. The fourth-order valence-corrected chi connectivity index (χ4v) is 0. The molecule has 0 spiro atoms. The summed E-state index contributed by atoms with van der Waals surface area (Å²) in [6.45, 7) is 0. The Balaban J connectivity index is -0.0000000121.